The number of carbonyl (C=O) groups excluding carboxylic acids is 2. The minimum absolute atomic E-state index is 0.0314. The lowest BCUT2D eigenvalue weighted by atomic mass is 9.79. The van der Waals surface area contributed by atoms with Crippen LogP contribution in [0.2, 0.25) is 0 Å². The number of nitrogen functional groups attached to an aromatic ring is 1. The van der Waals surface area contributed by atoms with Gasteiger partial charge in [-0.05, 0) is 67.5 Å². The van der Waals surface area contributed by atoms with Gasteiger partial charge in [0.2, 0.25) is 11.5 Å². The zero-order valence-electron chi connectivity index (χ0n) is 20.8. The molecule has 39 heavy (non-hydrogen) atoms. The van der Waals surface area contributed by atoms with Crippen LogP contribution in [0.25, 0.3) is 0 Å². The van der Waals surface area contributed by atoms with Crippen LogP contribution in [0.1, 0.15) is 56.5 Å². The fourth-order valence-electron chi connectivity index (χ4n) is 6.06. The molecule has 1 aromatic carbocycles. The number of hydrogen-bond donors (Lipinski definition) is 5. The Hall–Kier alpha value is -4.51. The number of hydrogen-bond acceptors (Lipinski definition) is 8. The molecule has 3 aromatic heterocycles. The molecular formula is C28H25N7O3S. The van der Waals surface area contributed by atoms with Crippen molar-refractivity contribution in [1.29, 1.82) is 0 Å². The maximum atomic E-state index is 13.1. The number of nitrogens with zero attached hydrogens (tertiary/aromatic N) is 2. The topological polar surface area (TPSA) is 155 Å². The number of carbonyl (C=O) groups is 2. The predicted molar refractivity (Wildman–Crippen MR) is 148 cm³/mol. The number of nitrogens with one attached hydrogen (secondary N) is 4. The second-order valence-electron chi connectivity index (χ2n) is 10.3. The maximum Gasteiger partial charge on any atom is 0.252 e. The summed E-state index contributed by atoms with van der Waals surface area (Å²) in [4.78, 5) is 51.0. The quantitative estimate of drug-likeness (QED) is 0.266. The molecule has 0 fully saturated rings. The average Bonchev–Trinajstić information content (AvgIpc) is 3.57. The summed E-state index contributed by atoms with van der Waals surface area (Å²) < 4.78 is 0. The molecule has 10 nitrogen and oxygen atoms in total. The van der Waals surface area contributed by atoms with Crippen LogP contribution >= 0.6 is 11.3 Å². The third kappa shape index (κ3) is 3.97. The fourth-order valence-corrected chi connectivity index (χ4v) is 7.03. The van der Waals surface area contributed by atoms with Crippen molar-refractivity contribution in [2.24, 2.45) is 0 Å². The van der Waals surface area contributed by atoms with Crippen LogP contribution in [0.4, 0.5) is 22.5 Å². The number of fused-ring (bicyclic) bond motifs is 4. The molecule has 2 atom stereocenters. The number of rotatable bonds is 4. The van der Waals surface area contributed by atoms with Crippen LogP contribution in [0, 0.1) is 0 Å². The first-order chi connectivity index (χ1) is 18.9. The van der Waals surface area contributed by atoms with E-state index < -0.39 is 5.41 Å². The van der Waals surface area contributed by atoms with Gasteiger partial charge < -0.3 is 26.7 Å². The van der Waals surface area contributed by atoms with Gasteiger partial charge in [-0.3, -0.25) is 14.4 Å². The molecule has 0 saturated carbocycles. The molecule has 2 amide bonds. The summed E-state index contributed by atoms with van der Waals surface area (Å²) in [6.07, 6.45) is 5.40. The highest BCUT2D eigenvalue weighted by Gasteiger charge is 2.51. The first-order valence-electron chi connectivity index (χ1n) is 12.8. The third-order valence-electron chi connectivity index (χ3n) is 7.84. The molecular weight excluding hydrogens is 514 g/mol. The summed E-state index contributed by atoms with van der Waals surface area (Å²) in [7, 11) is 0. The van der Waals surface area contributed by atoms with E-state index in [1.807, 2.05) is 30.3 Å². The van der Waals surface area contributed by atoms with E-state index in [-0.39, 0.29) is 29.0 Å². The number of nitrogens with two attached hydrogens (primary N) is 1. The summed E-state index contributed by atoms with van der Waals surface area (Å²) in [5.41, 5.74) is 9.89. The average molecular weight is 540 g/mol. The van der Waals surface area contributed by atoms with Gasteiger partial charge in [0, 0.05) is 29.1 Å². The van der Waals surface area contributed by atoms with Crippen LogP contribution in [0.3, 0.4) is 0 Å². The lowest BCUT2D eigenvalue weighted by Gasteiger charge is -2.22. The van der Waals surface area contributed by atoms with Crippen molar-refractivity contribution in [2.75, 3.05) is 16.4 Å². The molecule has 2 unspecified atom stereocenters. The molecule has 4 aromatic rings. The molecule has 2 aliphatic carbocycles. The van der Waals surface area contributed by atoms with Gasteiger partial charge >= 0.3 is 0 Å². The van der Waals surface area contributed by atoms with Crippen molar-refractivity contribution in [3.63, 3.8) is 0 Å². The Morgan fingerprint density at radius 2 is 2.00 bits per heavy atom. The van der Waals surface area contributed by atoms with E-state index in [4.69, 9.17) is 5.73 Å². The molecule has 3 aliphatic rings. The SMILES string of the molecule is Nc1nc2c(s1)C(NC(=O)c1cc(Nc3ccc4c(c3)CC3(C4)C(=O)Nc4ncccc43)[nH]c(=O)c1)CCC2. The van der Waals surface area contributed by atoms with E-state index >= 15 is 0 Å². The second-order valence-corrected chi connectivity index (χ2v) is 11.4. The van der Waals surface area contributed by atoms with Crippen LogP contribution in [0.5, 0.6) is 0 Å². The Balaban J connectivity index is 1.11. The molecule has 6 N–H and O–H groups in total. The minimum Gasteiger partial charge on any atom is -0.375 e. The molecule has 0 radical (unpaired) electrons. The highest BCUT2D eigenvalue weighted by Crippen LogP contribution is 2.47. The number of amides is 2. The van der Waals surface area contributed by atoms with Crippen LogP contribution in [-0.4, -0.2) is 26.8 Å². The standard InChI is InChI=1S/C28H25N7O3S/c29-27-33-20-5-1-4-19(23(20)39-27)32-25(37)15-10-21(34-22(36)11-15)31-17-7-6-14-12-28(13-16(14)9-17)18-3-2-8-30-24(18)35-26(28)38/h2-3,6-11,19H,1,4-5,12-13H2,(H2,29,33)(H,32,37)(H,30,35,38)(H2,31,34,36). The number of pyridine rings is 2. The Morgan fingerprint density at radius 1 is 1.13 bits per heavy atom. The van der Waals surface area contributed by atoms with Crippen molar-refractivity contribution in [3.8, 4) is 0 Å². The first kappa shape index (κ1) is 23.6. The van der Waals surface area contributed by atoms with Crippen LogP contribution < -0.4 is 27.2 Å². The van der Waals surface area contributed by atoms with Crippen molar-refractivity contribution in [2.45, 2.75) is 43.6 Å². The first-order valence-corrected chi connectivity index (χ1v) is 13.7. The monoisotopic (exact) mass is 539 g/mol. The van der Waals surface area contributed by atoms with Gasteiger partial charge in [0.05, 0.1) is 22.0 Å². The third-order valence-corrected chi connectivity index (χ3v) is 8.88. The Kier molecular flexibility index (Phi) is 5.31. The molecule has 196 valence electrons. The van der Waals surface area contributed by atoms with E-state index in [0.29, 0.717) is 29.6 Å². The molecule has 0 bridgehead atoms. The van der Waals surface area contributed by atoms with E-state index in [2.05, 4.69) is 30.9 Å². The number of H-pyrrole nitrogens is 1. The zero-order valence-corrected chi connectivity index (χ0v) is 21.7. The van der Waals surface area contributed by atoms with Crippen LogP contribution in [-0.2, 0) is 29.5 Å². The van der Waals surface area contributed by atoms with Crippen molar-refractivity contribution in [1.82, 2.24) is 20.3 Å². The highest BCUT2D eigenvalue weighted by atomic mass is 32.1. The highest BCUT2D eigenvalue weighted by molar-refractivity contribution is 7.15. The smallest absolute Gasteiger partial charge is 0.252 e. The number of aromatic amines is 1. The summed E-state index contributed by atoms with van der Waals surface area (Å²) in [5, 5.41) is 9.70. The number of aromatic nitrogens is 3. The largest absolute Gasteiger partial charge is 0.375 e. The van der Waals surface area contributed by atoms with E-state index in [1.165, 1.54) is 17.4 Å². The summed E-state index contributed by atoms with van der Waals surface area (Å²) in [6, 6.07) is 12.5. The van der Waals surface area contributed by atoms with Crippen molar-refractivity contribution in [3.05, 3.63) is 91.8 Å². The fraction of sp³-hybridized carbons (Fsp3) is 0.250. The molecule has 0 saturated heterocycles. The number of benzene rings is 1. The Morgan fingerprint density at radius 3 is 2.90 bits per heavy atom. The maximum absolute atomic E-state index is 13.1. The van der Waals surface area contributed by atoms with Crippen molar-refractivity contribution >= 4 is 45.6 Å². The van der Waals surface area contributed by atoms with Gasteiger partial charge in [-0.2, -0.15) is 0 Å². The van der Waals surface area contributed by atoms with Gasteiger partial charge in [0.15, 0.2) is 5.13 Å². The molecule has 1 aliphatic heterocycles. The zero-order chi connectivity index (χ0) is 26.7. The summed E-state index contributed by atoms with van der Waals surface area (Å²) in [5.74, 6) is 0.671. The van der Waals surface area contributed by atoms with Crippen LogP contribution in [0.15, 0.2) is 53.5 Å². The second kappa shape index (κ2) is 8.77. The lowest BCUT2D eigenvalue weighted by molar-refractivity contribution is -0.120. The Bertz CT molecular complexity index is 1730. The number of aryl methyl sites for hydroxylation is 1. The summed E-state index contributed by atoms with van der Waals surface area (Å²) >= 11 is 1.40. The summed E-state index contributed by atoms with van der Waals surface area (Å²) in [6.45, 7) is 0. The normalized spacial score (nSPS) is 20.7. The predicted octanol–water partition coefficient (Wildman–Crippen LogP) is 3.35. The number of anilines is 4. The van der Waals surface area contributed by atoms with Gasteiger partial charge in [-0.1, -0.05) is 23.5 Å². The van der Waals surface area contributed by atoms with Gasteiger partial charge in [-0.25, -0.2) is 9.97 Å². The molecule has 4 heterocycles. The van der Waals surface area contributed by atoms with Gasteiger partial charge in [0.25, 0.3) is 5.91 Å². The Labute approximate surface area is 227 Å². The lowest BCUT2D eigenvalue weighted by Crippen LogP contribution is -2.35. The van der Waals surface area contributed by atoms with Gasteiger partial charge in [-0.15, -0.1) is 0 Å². The van der Waals surface area contributed by atoms with E-state index in [0.717, 1.165) is 52.2 Å². The van der Waals surface area contributed by atoms with E-state index in [9.17, 15) is 14.4 Å². The molecule has 11 heteroatoms. The number of thiazole rings is 1. The molecule has 1 spiro atoms. The van der Waals surface area contributed by atoms with Gasteiger partial charge in [0.1, 0.15) is 11.6 Å². The molecule has 7 rings (SSSR count). The van der Waals surface area contributed by atoms with E-state index in [1.54, 1.807) is 12.3 Å². The van der Waals surface area contributed by atoms with Crippen molar-refractivity contribution < 1.29 is 9.59 Å². The minimum atomic E-state index is -0.654.